The molecule has 0 radical (unpaired) electrons. The summed E-state index contributed by atoms with van der Waals surface area (Å²) in [6, 6.07) is 8.04. The second-order valence-electron chi connectivity index (χ2n) is 5.03. The number of fused-ring (bicyclic) bond motifs is 1. The van der Waals surface area contributed by atoms with Gasteiger partial charge in [0.15, 0.2) is 0 Å². The minimum absolute atomic E-state index is 0. The van der Waals surface area contributed by atoms with Crippen molar-refractivity contribution >= 4 is 24.0 Å². The molecule has 112 valence electrons. The number of para-hydroxylation sites is 1. The van der Waals surface area contributed by atoms with Crippen LogP contribution in [0.1, 0.15) is 21.6 Å². The zero-order chi connectivity index (χ0) is 14.1. The van der Waals surface area contributed by atoms with Crippen LogP contribution in [0.2, 0.25) is 0 Å². The Kier molecular flexibility index (Phi) is 4.65. The normalized spacial score (nSPS) is 14.1. The van der Waals surface area contributed by atoms with Crippen molar-refractivity contribution in [2.45, 2.75) is 13.5 Å². The van der Waals surface area contributed by atoms with Crippen LogP contribution in [0.3, 0.4) is 0 Å². The van der Waals surface area contributed by atoms with E-state index >= 15 is 0 Å². The van der Waals surface area contributed by atoms with Crippen LogP contribution in [0.15, 0.2) is 30.5 Å². The molecule has 0 spiro atoms. The van der Waals surface area contributed by atoms with Crippen molar-refractivity contribution in [3.8, 4) is 0 Å². The van der Waals surface area contributed by atoms with Gasteiger partial charge in [0.2, 0.25) is 0 Å². The maximum atomic E-state index is 12.8. The molecule has 1 aliphatic rings. The minimum atomic E-state index is 0. The number of halogens is 1. The largest absolute Gasteiger partial charge is 0.311 e. The second kappa shape index (κ2) is 6.28. The fourth-order valence-corrected chi connectivity index (χ4v) is 2.52. The third-order valence-electron chi connectivity index (χ3n) is 3.82. The highest BCUT2D eigenvalue weighted by Gasteiger charge is 2.24. The maximum Gasteiger partial charge on any atom is 0.261 e. The van der Waals surface area contributed by atoms with E-state index < -0.39 is 0 Å². The number of anilines is 1. The van der Waals surface area contributed by atoms with Gasteiger partial charge in [0.05, 0.1) is 11.8 Å². The van der Waals surface area contributed by atoms with Gasteiger partial charge in [-0.05, 0) is 18.6 Å². The molecule has 2 aromatic rings. The Morgan fingerprint density at radius 2 is 2.10 bits per heavy atom. The highest BCUT2D eigenvalue weighted by molar-refractivity contribution is 6.07. The van der Waals surface area contributed by atoms with Crippen molar-refractivity contribution in [2.75, 3.05) is 18.0 Å². The number of rotatable bonds is 1. The van der Waals surface area contributed by atoms with E-state index in [2.05, 4.69) is 16.5 Å². The Bertz CT molecular complexity index is 653. The first-order chi connectivity index (χ1) is 9.68. The second-order valence-corrected chi connectivity index (χ2v) is 5.03. The molecular weight excluding hydrogens is 288 g/mol. The monoisotopic (exact) mass is 306 g/mol. The number of aryl methyl sites for hydroxylation is 1. The van der Waals surface area contributed by atoms with Crippen LogP contribution in [0.4, 0.5) is 5.69 Å². The van der Waals surface area contributed by atoms with Gasteiger partial charge in [-0.1, -0.05) is 18.2 Å². The van der Waals surface area contributed by atoms with Crippen LogP contribution in [0, 0.1) is 6.92 Å². The van der Waals surface area contributed by atoms with Crippen molar-refractivity contribution in [2.24, 2.45) is 7.05 Å². The molecule has 3 rings (SSSR count). The van der Waals surface area contributed by atoms with Gasteiger partial charge in [0.25, 0.3) is 5.91 Å². The number of aromatic nitrogens is 2. The van der Waals surface area contributed by atoms with E-state index in [1.165, 1.54) is 0 Å². The van der Waals surface area contributed by atoms with Crippen molar-refractivity contribution in [1.29, 1.82) is 0 Å². The van der Waals surface area contributed by atoms with Crippen LogP contribution in [0.5, 0.6) is 0 Å². The minimum Gasteiger partial charge on any atom is -0.311 e. The molecule has 0 fully saturated rings. The summed E-state index contributed by atoms with van der Waals surface area (Å²) in [5.41, 5.74) is 3.71. The maximum absolute atomic E-state index is 12.8. The summed E-state index contributed by atoms with van der Waals surface area (Å²) in [6.07, 6.45) is 1.65. The number of nitrogens with zero attached hydrogens (tertiary/aromatic N) is 3. The van der Waals surface area contributed by atoms with Gasteiger partial charge in [-0.15, -0.1) is 12.4 Å². The summed E-state index contributed by atoms with van der Waals surface area (Å²) in [7, 11) is 1.85. The first-order valence-electron chi connectivity index (χ1n) is 6.77. The lowest BCUT2D eigenvalue weighted by atomic mass is 10.1. The summed E-state index contributed by atoms with van der Waals surface area (Å²) < 4.78 is 1.73. The molecule has 0 atom stereocenters. The van der Waals surface area contributed by atoms with Gasteiger partial charge >= 0.3 is 0 Å². The topological polar surface area (TPSA) is 50.2 Å². The quantitative estimate of drug-likeness (QED) is 0.875. The zero-order valence-corrected chi connectivity index (χ0v) is 13.0. The van der Waals surface area contributed by atoms with E-state index in [-0.39, 0.29) is 18.3 Å². The molecule has 0 unspecified atom stereocenters. The summed E-state index contributed by atoms with van der Waals surface area (Å²) in [5, 5.41) is 7.51. The van der Waals surface area contributed by atoms with E-state index in [0.29, 0.717) is 12.1 Å². The van der Waals surface area contributed by atoms with Gasteiger partial charge in [-0.25, -0.2) is 0 Å². The molecule has 1 aromatic carbocycles. The molecule has 6 heteroatoms. The van der Waals surface area contributed by atoms with Crippen LogP contribution in [-0.4, -0.2) is 28.8 Å². The van der Waals surface area contributed by atoms with Crippen molar-refractivity contribution in [1.82, 2.24) is 15.1 Å². The molecule has 1 aromatic heterocycles. The third kappa shape index (κ3) is 2.80. The first kappa shape index (κ1) is 15.5. The number of hydrogen-bond acceptors (Lipinski definition) is 3. The van der Waals surface area contributed by atoms with E-state index in [1.54, 1.807) is 10.9 Å². The lowest BCUT2D eigenvalue weighted by Gasteiger charge is -2.22. The lowest BCUT2D eigenvalue weighted by Crippen LogP contribution is -2.35. The van der Waals surface area contributed by atoms with Gasteiger partial charge in [-0.3, -0.25) is 9.48 Å². The number of amides is 1. The Balaban J connectivity index is 0.00000161. The molecule has 0 saturated carbocycles. The molecule has 1 aliphatic heterocycles. The molecule has 0 aliphatic carbocycles. The molecule has 0 bridgehead atoms. The smallest absolute Gasteiger partial charge is 0.261 e. The number of carbonyl (C=O) groups is 1. The van der Waals surface area contributed by atoms with Crippen molar-refractivity contribution < 1.29 is 4.79 Å². The van der Waals surface area contributed by atoms with E-state index in [9.17, 15) is 4.79 Å². The number of benzene rings is 1. The predicted octanol–water partition coefficient (Wildman–Crippen LogP) is 1.90. The molecule has 2 heterocycles. The molecule has 0 saturated heterocycles. The van der Waals surface area contributed by atoms with Crippen LogP contribution >= 0.6 is 12.4 Å². The lowest BCUT2D eigenvalue weighted by molar-refractivity contribution is 0.0987. The van der Waals surface area contributed by atoms with E-state index in [1.807, 2.05) is 37.1 Å². The van der Waals surface area contributed by atoms with E-state index in [4.69, 9.17) is 0 Å². The van der Waals surface area contributed by atoms with Gasteiger partial charge < -0.3 is 10.2 Å². The molecule has 1 N–H and O–H groups in total. The average molecular weight is 307 g/mol. The number of hydrogen-bond donors (Lipinski definition) is 1. The number of carbonyl (C=O) groups excluding carboxylic acids is 1. The Labute approximate surface area is 130 Å². The predicted molar refractivity (Wildman–Crippen MR) is 85.0 cm³/mol. The van der Waals surface area contributed by atoms with Gasteiger partial charge in [-0.2, -0.15) is 5.10 Å². The Morgan fingerprint density at radius 3 is 2.81 bits per heavy atom. The molecule has 5 nitrogen and oxygen atoms in total. The van der Waals surface area contributed by atoms with E-state index in [0.717, 1.165) is 30.0 Å². The summed E-state index contributed by atoms with van der Waals surface area (Å²) >= 11 is 0. The fraction of sp³-hybridized carbons (Fsp3) is 0.333. The Morgan fingerprint density at radius 1 is 1.33 bits per heavy atom. The average Bonchev–Trinajstić information content (AvgIpc) is 2.68. The van der Waals surface area contributed by atoms with Crippen LogP contribution in [-0.2, 0) is 13.6 Å². The highest BCUT2D eigenvalue weighted by Crippen LogP contribution is 2.24. The molecular formula is C15H19ClN4O. The van der Waals surface area contributed by atoms with Crippen LogP contribution < -0.4 is 10.2 Å². The standard InChI is InChI=1S/C15H18N4O.ClH/c1-11-13(10-17-18(11)2)15(20)19-8-7-16-9-12-5-3-4-6-14(12)19;/h3-6,10,16H,7-9H2,1-2H3;1H. The SMILES string of the molecule is Cc1c(C(=O)N2CCNCc3ccccc32)cnn1C.Cl. The zero-order valence-electron chi connectivity index (χ0n) is 12.2. The number of nitrogens with one attached hydrogen (secondary N) is 1. The molecule has 21 heavy (non-hydrogen) atoms. The van der Waals surface area contributed by atoms with Crippen LogP contribution in [0.25, 0.3) is 0 Å². The molecule has 1 amide bonds. The summed E-state index contributed by atoms with van der Waals surface area (Å²) in [5.74, 6) is 0.0201. The summed E-state index contributed by atoms with van der Waals surface area (Å²) in [4.78, 5) is 14.6. The highest BCUT2D eigenvalue weighted by atomic mass is 35.5. The third-order valence-corrected chi connectivity index (χ3v) is 3.82. The fourth-order valence-electron chi connectivity index (χ4n) is 2.52. The first-order valence-corrected chi connectivity index (χ1v) is 6.77. The van der Waals surface area contributed by atoms with Crippen molar-refractivity contribution in [3.63, 3.8) is 0 Å². The van der Waals surface area contributed by atoms with Gasteiger partial charge in [0, 0.05) is 38.1 Å². The van der Waals surface area contributed by atoms with Crippen molar-refractivity contribution in [3.05, 3.63) is 47.3 Å². The van der Waals surface area contributed by atoms with Gasteiger partial charge in [0.1, 0.15) is 0 Å². The Hall–Kier alpha value is -1.85. The summed E-state index contributed by atoms with van der Waals surface area (Å²) in [6.45, 7) is 4.18.